The minimum absolute atomic E-state index is 0.453. The maximum Gasteiger partial charge on any atom is 0.0666 e. The number of thioether (sulfide) groups is 1. The quantitative estimate of drug-likeness (QED) is 0.737. The van der Waals surface area contributed by atoms with Gasteiger partial charge in [-0.1, -0.05) is 13.8 Å². The summed E-state index contributed by atoms with van der Waals surface area (Å²) in [5.74, 6) is 0. The van der Waals surface area contributed by atoms with Crippen LogP contribution in [0.5, 0.6) is 0 Å². The average Bonchev–Trinajstić information content (AvgIpc) is 2.48. The third-order valence-electron chi connectivity index (χ3n) is 2.40. The molecule has 3 unspecified atom stereocenters. The highest BCUT2D eigenvalue weighted by molar-refractivity contribution is 8.00. The van der Waals surface area contributed by atoms with Crippen LogP contribution in [0.4, 0.5) is 0 Å². The Kier molecular flexibility index (Phi) is 5.14. The van der Waals surface area contributed by atoms with E-state index in [2.05, 4.69) is 37.8 Å². The van der Waals surface area contributed by atoms with Crippen LogP contribution in [0, 0.1) is 0 Å². The van der Waals surface area contributed by atoms with Gasteiger partial charge in [-0.2, -0.15) is 11.8 Å². The van der Waals surface area contributed by atoms with E-state index in [9.17, 15) is 0 Å². The molecule has 1 heterocycles. The number of hydrogen-bond acceptors (Lipinski definition) is 3. The standard InChI is InChI=1S/C10H21NOS/c1-4-11-7-8(2)13-10-5-6-12-9(10)3/h8-11H,4-7H2,1-3H3. The molecule has 13 heavy (non-hydrogen) atoms. The van der Waals surface area contributed by atoms with Crippen LogP contribution in [0.15, 0.2) is 0 Å². The van der Waals surface area contributed by atoms with E-state index < -0.39 is 0 Å². The van der Waals surface area contributed by atoms with E-state index >= 15 is 0 Å². The number of ether oxygens (including phenoxy) is 1. The van der Waals surface area contributed by atoms with Gasteiger partial charge in [0.1, 0.15) is 0 Å². The molecule has 1 fully saturated rings. The lowest BCUT2D eigenvalue weighted by Crippen LogP contribution is -2.25. The van der Waals surface area contributed by atoms with Crippen molar-refractivity contribution in [3.05, 3.63) is 0 Å². The SMILES string of the molecule is CCNCC(C)SC1CCOC1C. The molecule has 0 aromatic heterocycles. The third-order valence-corrected chi connectivity index (χ3v) is 4.00. The molecule has 0 aromatic rings. The minimum atomic E-state index is 0.453. The number of hydrogen-bond donors (Lipinski definition) is 1. The molecule has 1 N–H and O–H groups in total. The molecule has 3 atom stereocenters. The van der Waals surface area contributed by atoms with E-state index in [0.717, 1.165) is 19.7 Å². The van der Waals surface area contributed by atoms with Crippen molar-refractivity contribution in [1.29, 1.82) is 0 Å². The zero-order valence-electron chi connectivity index (χ0n) is 8.88. The Morgan fingerprint density at radius 2 is 2.38 bits per heavy atom. The zero-order valence-corrected chi connectivity index (χ0v) is 9.69. The van der Waals surface area contributed by atoms with Crippen LogP contribution in [0.1, 0.15) is 27.2 Å². The highest BCUT2D eigenvalue weighted by atomic mass is 32.2. The molecule has 3 heteroatoms. The summed E-state index contributed by atoms with van der Waals surface area (Å²) in [6.45, 7) is 9.76. The van der Waals surface area contributed by atoms with Gasteiger partial charge < -0.3 is 10.1 Å². The summed E-state index contributed by atoms with van der Waals surface area (Å²) in [7, 11) is 0. The Labute approximate surface area is 85.8 Å². The van der Waals surface area contributed by atoms with E-state index in [4.69, 9.17) is 4.74 Å². The fourth-order valence-electron chi connectivity index (χ4n) is 1.58. The summed E-state index contributed by atoms with van der Waals surface area (Å²) in [5, 5.41) is 4.79. The van der Waals surface area contributed by atoms with Crippen molar-refractivity contribution in [2.75, 3.05) is 19.7 Å². The predicted octanol–water partition coefficient (Wildman–Crippen LogP) is 1.90. The molecule has 0 amide bonds. The Morgan fingerprint density at radius 1 is 1.62 bits per heavy atom. The molecule has 0 radical (unpaired) electrons. The second-order valence-corrected chi connectivity index (χ2v) is 5.34. The first kappa shape index (κ1) is 11.3. The van der Waals surface area contributed by atoms with Crippen molar-refractivity contribution < 1.29 is 4.74 Å². The first-order valence-corrected chi connectivity index (χ1v) is 6.16. The topological polar surface area (TPSA) is 21.3 Å². The van der Waals surface area contributed by atoms with Crippen molar-refractivity contribution in [3.8, 4) is 0 Å². The van der Waals surface area contributed by atoms with E-state index in [0.29, 0.717) is 16.6 Å². The highest BCUT2D eigenvalue weighted by Crippen LogP contribution is 2.29. The molecular formula is C10H21NOS. The summed E-state index contributed by atoms with van der Waals surface area (Å²) >= 11 is 2.07. The number of nitrogens with one attached hydrogen (secondary N) is 1. The molecular weight excluding hydrogens is 182 g/mol. The van der Waals surface area contributed by atoms with E-state index in [1.165, 1.54) is 6.42 Å². The monoisotopic (exact) mass is 203 g/mol. The first-order valence-electron chi connectivity index (χ1n) is 5.21. The third kappa shape index (κ3) is 3.88. The molecule has 0 saturated carbocycles. The Bertz CT molecular complexity index is 143. The van der Waals surface area contributed by atoms with Gasteiger partial charge in [-0.25, -0.2) is 0 Å². The molecule has 0 aromatic carbocycles. The van der Waals surface area contributed by atoms with Crippen LogP contribution in [0.3, 0.4) is 0 Å². The second kappa shape index (κ2) is 5.89. The molecule has 0 spiro atoms. The van der Waals surface area contributed by atoms with E-state index in [-0.39, 0.29) is 0 Å². The maximum absolute atomic E-state index is 5.53. The maximum atomic E-state index is 5.53. The van der Waals surface area contributed by atoms with Crippen molar-refractivity contribution in [3.63, 3.8) is 0 Å². The summed E-state index contributed by atoms with van der Waals surface area (Å²) in [6, 6.07) is 0. The number of rotatable bonds is 5. The van der Waals surface area contributed by atoms with E-state index in [1.807, 2.05) is 0 Å². The van der Waals surface area contributed by atoms with Gasteiger partial charge in [0.2, 0.25) is 0 Å². The average molecular weight is 203 g/mol. The molecule has 2 nitrogen and oxygen atoms in total. The van der Waals surface area contributed by atoms with Gasteiger partial charge in [-0.15, -0.1) is 0 Å². The highest BCUT2D eigenvalue weighted by Gasteiger charge is 2.25. The zero-order chi connectivity index (χ0) is 9.68. The minimum Gasteiger partial charge on any atom is -0.377 e. The molecule has 78 valence electrons. The van der Waals surface area contributed by atoms with Gasteiger partial charge in [0.05, 0.1) is 6.10 Å². The molecule has 0 aliphatic carbocycles. The fourth-order valence-corrected chi connectivity index (χ4v) is 2.93. The van der Waals surface area contributed by atoms with Gasteiger partial charge in [-0.05, 0) is 19.9 Å². The Hall–Kier alpha value is 0.270. The first-order chi connectivity index (χ1) is 6.24. The van der Waals surface area contributed by atoms with Gasteiger partial charge in [0.25, 0.3) is 0 Å². The van der Waals surface area contributed by atoms with Crippen molar-refractivity contribution in [2.24, 2.45) is 0 Å². The second-order valence-electron chi connectivity index (χ2n) is 3.66. The fraction of sp³-hybridized carbons (Fsp3) is 1.00. The van der Waals surface area contributed by atoms with Crippen LogP contribution in [0.2, 0.25) is 0 Å². The summed E-state index contributed by atoms with van der Waals surface area (Å²) in [5.41, 5.74) is 0. The molecule has 1 saturated heterocycles. The van der Waals surface area contributed by atoms with E-state index in [1.54, 1.807) is 0 Å². The van der Waals surface area contributed by atoms with Crippen LogP contribution < -0.4 is 5.32 Å². The van der Waals surface area contributed by atoms with Crippen LogP contribution >= 0.6 is 11.8 Å². The molecule has 1 rings (SSSR count). The van der Waals surface area contributed by atoms with Crippen molar-refractivity contribution in [1.82, 2.24) is 5.32 Å². The van der Waals surface area contributed by atoms with Crippen molar-refractivity contribution in [2.45, 2.75) is 43.8 Å². The molecule has 1 aliphatic rings. The van der Waals surface area contributed by atoms with Gasteiger partial charge in [0.15, 0.2) is 0 Å². The Morgan fingerprint density at radius 3 is 2.92 bits per heavy atom. The Balaban J connectivity index is 2.15. The predicted molar refractivity (Wildman–Crippen MR) is 59.4 cm³/mol. The molecule has 1 aliphatic heterocycles. The largest absolute Gasteiger partial charge is 0.377 e. The lowest BCUT2D eigenvalue weighted by Gasteiger charge is -2.18. The van der Waals surface area contributed by atoms with Gasteiger partial charge in [-0.3, -0.25) is 0 Å². The van der Waals surface area contributed by atoms with Gasteiger partial charge in [0, 0.05) is 23.7 Å². The summed E-state index contributed by atoms with van der Waals surface area (Å²) in [4.78, 5) is 0. The normalized spacial score (nSPS) is 30.7. The smallest absolute Gasteiger partial charge is 0.0666 e. The molecule has 0 bridgehead atoms. The van der Waals surface area contributed by atoms with Crippen LogP contribution in [-0.4, -0.2) is 36.3 Å². The lowest BCUT2D eigenvalue weighted by atomic mass is 10.3. The van der Waals surface area contributed by atoms with Gasteiger partial charge >= 0.3 is 0 Å². The van der Waals surface area contributed by atoms with Crippen molar-refractivity contribution >= 4 is 11.8 Å². The van der Waals surface area contributed by atoms with Crippen LogP contribution in [-0.2, 0) is 4.74 Å². The summed E-state index contributed by atoms with van der Waals surface area (Å²) < 4.78 is 5.53. The lowest BCUT2D eigenvalue weighted by molar-refractivity contribution is 0.127. The summed E-state index contributed by atoms with van der Waals surface area (Å²) in [6.07, 6.45) is 1.68. The van der Waals surface area contributed by atoms with Crippen LogP contribution in [0.25, 0.3) is 0 Å².